The largest absolute Gasteiger partial charge is 0.310 e. The molecule has 46 heavy (non-hydrogen) atoms. The molecule has 0 bridgehead atoms. The monoisotopic (exact) mass is 639 g/mol. The van der Waals surface area contributed by atoms with Gasteiger partial charge in [-0.25, -0.2) is 0 Å². The smallest absolute Gasteiger partial charge is 0.113 e. The van der Waals surface area contributed by atoms with Gasteiger partial charge in [0.25, 0.3) is 0 Å². The van der Waals surface area contributed by atoms with E-state index in [9.17, 15) is 0 Å². The highest BCUT2D eigenvalue weighted by atomic mass is 32.1. The van der Waals surface area contributed by atoms with Crippen molar-refractivity contribution in [1.82, 2.24) is 0 Å². The quantitative estimate of drug-likeness (QED) is 0.174. The van der Waals surface area contributed by atoms with E-state index in [-0.39, 0.29) is 0 Å². The number of fused-ring (bicyclic) bond motifs is 12. The molecule has 218 valence electrons. The molecule has 1 aliphatic rings. The van der Waals surface area contributed by atoms with Gasteiger partial charge in [-0.05, 0) is 80.8 Å². The first-order valence-electron chi connectivity index (χ1n) is 15.9. The number of hydrogen-bond donors (Lipinski definition) is 0. The molecule has 10 rings (SSSR count). The van der Waals surface area contributed by atoms with Gasteiger partial charge in [-0.1, -0.05) is 104 Å². The molecule has 4 heteroatoms. The van der Waals surface area contributed by atoms with E-state index in [4.69, 9.17) is 0 Å². The molecule has 0 saturated carbocycles. The number of benzene rings is 7. The van der Waals surface area contributed by atoms with E-state index in [2.05, 4.69) is 158 Å². The maximum absolute atomic E-state index is 2.53. The molecule has 0 amide bonds. The first-order chi connectivity index (χ1) is 22.6. The summed E-state index contributed by atoms with van der Waals surface area (Å²) in [5.74, 6) is 0. The Kier molecular flexibility index (Phi) is 5.54. The predicted molar refractivity (Wildman–Crippen MR) is 207 cm³/mol. The Morgan fingerprint density at radius 3 is 2.11 bits per heavy atom. The van der Waals surface area contributed by atoms with Crippen molar-refractivity contribution < 1.29 is 0 Å². The van der Waals surface area contributed by atoms with Crippen molar-refractivity contribution >= 4 is 109 Å². The zero-order valence-corrected chi connectivity index (χ0v) is 28.2. The van der Waals surface area contributed by atoms with Crippen molar-refractivity contribution in [3.8, 4) is 11.1 Å². The minimum absolute atomic E-state index is 1.18. The fourth-order valence-electron chi connectivity index (χ4n) is 7.83. The van der Waals surface area contributed by atoms with Crippen LogP contribution < -0.4 is 15.3 Å². The fraction of sp³-hybridized carbons (Fsp3) is 0.0476. The van der Waals surface area contributed by atoms with Crippen LogP contribution in [0.2, 0.25) is 13.1 Å². The van der Waals surface area contributed by atoms with Crippen LogP contribution in [-0.2, 0) is 0 Å². The maximum Gasteiger partial charge on any atom is 0.113 e. The third-order valence-corrected chi connectivity index (χ3v) is 15.9. The first-order valence-corrected chi connectivity index (χ1v) is 20.5. The molecule has 0 spiro atoms. The summed E-state index contributed by atoms with van der Waals surface area (Å²) in [5, 5.41) is 11.2. The first kappa shape index (κ1) is 26.5. The van der Waals surface area contributed by atoms with Gasteiger partial charge in [-0.15, -0.1) is 22.7 Å². The van der Waals surface area contributed by atoms with Gasteiger partial charge in [0.2, 0.25) is 0 Å². The van der Waals surface area contributed by atoms with Crippen molar-refractivity contribution in [3.63, 3.8) is 0 Å². The fourth-order valence-corrected chi connectivity index (χ4v) is 13.3. The molecule has 0 saturated heterocycles. The van der Waals surface area contributed by atoms with Gasteiger partial charge < -0.3 is 4.90 Å². The number of thiophene rings is 2. The Morgan fingerprint density at radius 2 is 1.22 bits per heavy atom. The number of rotatable bonds is 3. The van der Waals surface area contributed by atoms with Crippen LogP contribution in [0.5, 0.6) is 0 Å². The van der Waals surface area contributed by atoms with Crippen molar-refractivity contribution in [2.45, 2.75) is 13.1 Å². The molecule has 0 unspecified atom stereocenters. The molecule has 0 N–H and O–H groups in total. The number of hydrogen-bond acceptors (Lipinski definition) is 3. The second kappa shape index (κ2) is 9.63. The van der Waals surface area contributed by atoms with E-state index >= 15 is 0 Å². The molecule has 3 heterocycles. The SMILES string of the molecule is C[Si]1(C)c2cc(N(c3ccccc3)c3ccc4c(c3)sc3c5ccccc5ccc43)ccc2-c2c1ccc1sc3ccccc3c21. The molecule has 9 aromatic rings. The van der Waals surface area contributed by atoms with E-state index in [1.807, 2.05) is 22.7 Å². The summed E-state index contributed by atoms with van der Waals surface area (Å²) in [5.41, 5.74) is 6.48. The van der Waals surface area contributed by atoms with Crippen LogP contribution in [-0.4, -0.2) is 8.07 Å². The van der Waals surface area contributed by atoms with Crippen LogP contribution in [0, 0.1) is 0 Å². The average molecular weight is 640 g/mol. The van der Waals surface area contributed by atoms with Gasteiger partial charge in [-0.3, -0.25) is 0 Å². The molecule has 2 aromatic heterocycles. The molecule has 7 aromatic carbocycles. The zero-order chi connectivity index (χ0) is 30.6. The lowest BCUT2D eigenvalue weighted by Crippen LogP contribution is -2.49. The molecule has 0 aliphatic carbocycles. The van der Waals surface area contributed by atoms with Crippen LogP contribution in [0.15, 0.2) is 140 Å². The van der Waals surface area contributed by atoms with Crippen molar-refractivity contribution in [3.05, 3.63) is 140 Å². The molecular weight excluding hydrogens is 611 g/mol. The highest BCUT2D eigenvalue weighted by molar-refractivity contribution is 7.27. The van der Waals surface area contributed by atoms with E-state index < -0.39 is 8.07 Å². The third kappa shape index (κ3) is 3.66. The van der Waals surface area contributed by atoms with E-state index in [0.717, 1.165) is 0 Å². The molecule has 0 fully saturated rings. The second-order valence-corrected chi connectivity index (χ2v) is 19.4. The van der Waals surface area contributed by atoms with Gasteiger partial charge in [0, 0.05) is 57.4 Å². The Labute approximate surface area is 276 Å². The van der Waals surface area contributed by atoms with E-state index in [1.54, 1.807) is 5.19 Å². The number of para-hydroxylation sites is 1. The third-order valence-electron chi connectivity index (χ3n) is 10.0. The molecular formula is C42H29NS2Si. The van der Waals surface area contributed by atoms with E-state index in [0.29, 0.717) is 0 Å². The summed E-state index contributed by atoms with van der Waals surface area (Å²) in [6.45, 7) is 5.06. The Hall–Kier alpha value is -4.74. The predicted octanol–water partition coefficient (Wildman–Crippen LogP) is 11.8. The normalized spacial score (nSPS) is 13.6. The number of anilines is 3. The second-order valence-electron chi connectivity index (χ2n) is 12.9. The summed E-state index contributed by atoms with van der Waals surface area (Å²) in [6, 6.07) is 52.2. The molecule has 0 radical (unpaired) electrons. The van der Waals surface area contributed by atoms with Gasteiger partial charge in [0.05, 0.1) is 0 Å². The number of nitrogens with zero attached hydrogens (tertiary/aromatic N) is 1. The summed E-state index contributed by atoms with van der Waals surface area (Å²) in [7, 11) is -1.95. The summed E-state index contributed by atoms with van der Waals surface area (Å²) in [6.07, 6.45) is 0. The van der Waals surface area contributed by atoms with Crippen LogP contribution in [0.1, 0.15) is 0 Å². The van der Waals surface area contributed by atoms with E-state index in [1.165, 1.54) is 84.5 Å². The van der Waals surface area contributed by atoms with Crippen molar-refractivity contribution in [2.24, 2.45) is 0 Å². The van der Waals surface area contributed by atoms with Crippen LogP contribution in [0.3, 0.4) is 0 Å². The van der Waals surface area contributed by atoms with Crippen molar-refractivity contribution in [2.75, 3.05) is 4.90 Å². The standard InChI is InChI=1S/C42H29NS2Si/c1-46(2)38-23-22-36-40(33-14-8-9-15-35(33)44-36)41(38)34-21-18-29(25-39(34)46)43(27-11-4-3-5-12-27)28-17-20-31-32-19-16-26-10-6-7-13-30(26)42(32)45-37(31)24-28/h3-25H,1-2H3. The minimum atomic E-state index is -1.95. The van der Waals surface area contributed by atoms with Gasteiger partial charge in [0.1, 0.15) is 8.07 Å². The highest BCUT2D eigenvalue weighted by Gasteiger charge is 2.39. The Bertz CT molecular complexity index is 2680. The summed E-state index contributed by atoms with van der Waals surface area (Å²) < 4.78 is 5.44. The Morgan fingerprint density at radius 1 is 0.478 bits per heavy atom. The topological polar surface area (TPSA) is 3.24 Å². The van der Waals surface area contributed by atoms with Crippen LogP contribution in [0.4, 0.5) is 17.1 Å². The Balaban J connectivity index is 1.18. The lowest BCUT2D eigenvalue weighted by Gasteiger charge is -2.27. The lowest BCUT2D eigenvalue weighted by molar-refractivity contribution is 1.29. The van der Waals surface area contributed by atoms with Crippen LogP contribution in [0.25, 0.3) is 62.2 Å². The van der Waals surface area contributed by atoms with Gasteiger partial charge >= 0.3 is 0 Å². The van der Waals surface area contributed by atoms with Crippen molar-refractivity contribution in [1.29, 1.82) is 0 Å². The van der Waals surface area contributed by atoms with Gasteiger partial charge in [0.15, 0.2) is 0 Å². The highest BCUT2D eigenvalue weighted by Crippen LogP contribution is 2.45. The maximum atomic E-state index is 2.53. The minimum Gasteiger partial charge on any atom is -0.310 e. The molecule has 1 nitrogen and oxygen atoms in total. The summed E-state index contributed by atoms with van der Waals surface area (Å²) >= 11 is 3.82. The lowest BCUT2D eigenvalue weighted by atomic mass is 9.99. The molecule has 0 atom stereocenters. The van der Waals surface area contributed by atoms with Gasteiger partial charge in [-0.2, -0.15) is 0 Å². The molecule has 1 aliphatic heterocycles. The average Bonchev–Trinajstić information content (AvgIpc) is 3.73. The zero-order valence-electron chi connectivity index (χ0n) is 25.5. The summed E-state index contributed by atoms with van der Waals surface area (Å²) in [4.78, 5) is 2.45. The van der Waals surface area contributed by atoms with Crippen LogP contribution >= 0.6 is 22.7 Å².